The number of ether oxygens (including phenoxy) is 2. The molecular weight excluding hydrogens is 448 g/mol. The SMILES string of the molecule is CCOc1cc(/C=N\NC(=O)[C@H](C)Sc2ncccn2)ccc1OCc1cccc(Cl)c1. The van der Waals surface area contributed by atoms with Crippen LogP contribution in [0.25, 0.3) is 0 Å². The molecule has 7 nitrogen and oxygen atoms in total. The van der Waals surface area contributed by atoms with Gasteiger partial charge in [0.1, 0.15) is 6.61 Å². The van der Waals surface area contributed by atoms with Crippen LogP contribution in [0.2, 0.25) is 5.02 Å². The lowest BCUT2D eigenvalue weighted by Gasteiger charge is -2.13. The maximum atomic E-state index is 12.2. The molecule has 1 N–H and O–H groups in total. The number of hydrogen-bond donors (Lipinski definition) is 1. The van der Waals surface area contributed by atoms with Crippen molar-refractivity contribution in [3.63, 3.8) is 0 Å². The molecule has 3 rings (SSSR count). The Bertz CT molecular complexity index is 1070. The summed E-state index contributed by atoms with van der Waals surface area (Å²) in [7, 11) is 0. The average molecular weight is 471 g/mol. The molecule has 1 aromatic heterocycles. The molecule has 2 aromatic carbocycles. The van der Waals surface area contributed by atoms with Crippen molar-refractivity contribution < 1.29 is 14.3 Å². The molecule has 0 bridgehead atoms. The van der Waals surface area contributed by atoms with E-state index in [0.29, 0.717) is 34.9 Å². The van der Waals surface area contributed by atoms with Gasteiger partial charge in [0.2, 0.25) is 0 Å². The molecule has 0 unspecified atom stereocenters. The van der Waals surface area contributed by atoms with Crippen molar-refractivity contribution >= 4 is 35.5 Å². The number of hydrazone groups is 1. The fourth-order valence-electron chi connectivity index (χ4n) is 2.60. The first-order valence-electron chi connectivity index (χ1n) is 9.96. The van der Waals surface area contributed by atoms with Gasteiger partial charge in [0, 0.05) is 17.4 Å². The number of carbonyl (C=O) groups excluding carboxylic acids is 1. The smallest absolute Gasteiger partial charge is 0.253 e. The Morgan fingerprint density at radius 2 is 1.97 bits per heavy atom. The first-order valence-corrected chi connectivity index (χ1v) is 11.2. The molecule has 0 aliphatic heterocycles. The van der Waals surface area contributed by atoms with Crippen LogP contribution in [0.5, 0.6) is 11.5 Å². The number of amides is 1. The Labute approximate surface area is 196 Å². The summed E-state index contributed by atoms with van der Waals surface area (Å²) in [5, 5.41) is 4.85. The van der Waals surface area contributed by atoms with Gasteiger partial charge in [-0.05, 0) is 61.4 Å². The summed E-state index contributed by atoms with van der Waals surface area (Å²) in [6.07, 6.45) is 4.82. The van der Waals surface area contributed by atoms with Crippen molar-refractivity contribution in [3.8, 4) is 11.5 Å². The van der Waals surface area contributed by atoms with Crippen molar-refractivity contribution in [2.75, 3.05) is 6.61 Å². The molecule has 0 saturated heterocycles. The second-order valence-corrected chi connectivity index (χ2v) is 8.33. The fourth-order valence-corrected chi connectivity index (χ4v) is 3.53. The van der Waals surface area contributed by atoms with Gasteiger partial charge in [-0.3, -0.25) is 4.79 Å². The van der Waals surface area contributed by atoms with Crippen LogP contribution in [0, 0.1) is 0 Å². The third-order valence-corrected chi connectivity index (χ3v) is 5.36. The minimum Gasteiger partial charge on any atom is -0.490 e. The quantitative estimate of drug-likeness (QED) is 0.199. The van der Waals surface area contributed by atoms with E-state index in [1.165, 1.54) is 11.8 Å². The Morgan fingerprint density at radius 1 is 1.16 bits per heavy atom. The summed E-state index contributed by atoms with van der Waals surface area (Å²) >= 11 is 7.29. The first-order chi connectivity index (χ1) is 15.5. The van der Waals surface area contributed by atoms with Crippen molar-refractivity contribution in [1.82, 2.24) is 15.4 Å². The number of nitrogens with one attached hydrogen (secondary N) is 1. The second-order valence-electron chi connectivity index (χ2n) is 6.58. The van der Waals surface area contributed by atoms with E-state index in [2.05, 4.69) is 20.5 Å². The van der Waals surface area contributed by atoms with Gasteiger partial charge >= 0.3 is 0 Å². The molecule has 1 heterocycles. The molecule has 0 spiro atoms. The molecule has 9 heteroatoms. The highest BCUT2D eigenvalue weighted by atomic mass is 35.5. The van der Waals surface area contributed by atoms with E-state index in [1.54, 1.807) is 31.6 Å². The third-order valence-electron chi connectivity index (χ3n) is 4.13. The predicted octanol–water partition coefficient (Wildman–Crippen LogP) is 4.74. The molecule has 1 amide bonds. The number of nitrogens with zero attached hydrogens (tertiary/aromatic N) is 3. The largest absolute Gasteiger partial charge is 0.490 e. The van der Waals surface area contributed by atoms with Gasteiger partial charge in [0.25, 0.3) is 5.91 Å². The van der Waals surface area contributed by atoms with E-state index in [1.807, 2.05) is 49.4 Å². The molecule has 0 fully saturated rings. The topological polar surface area (TPSA) is 85.7 Å². The van der Waals surface area contributed by atoms with Crippen LogP contribution in [0.15, 0.2) is 71.2 Å². The predicted molar refractivity (Wildman–Crippen MR) is 126 cm³/mol. The van der Waals surface area contributed by atoms with E-state index >= 15 is 0 Å². The highest BCUT2D eigenvalue weighted by Crippen LogP contribution is 2.29. The van der Waals surface area contributed by atoms with Crippen molar-refractivity contribution in [2.24, 2.45) is 5.10 Å². The first kappa shape index (κ1) is 23.6. The van der Waals surface area contributed by atoms with Gasteiger partial charge in [-0.25, -0.2) is 15.4 Å². The Balaban J connectivity index is 1.59. The minimum atomic E-state index is -0.393. The Hall–Kier alpha value is -3.10. The van der Waals surface area contributed by atoms with Crippen LogP contribution in [-0.2, 0) is 11.4 Å². The Kier molecular flexibility index (Phi) is 8.89. The van der Waals surface area contributed by atoms with Gasteiger partial charge in [-0.2, -0.15) is 5.10 Å². The fraction of sp³-hybridized carbons (Fsp3) is 0.217. The number of carbonyl (C=O) groups is 1. The Morgan fingerprint density at radius 3 is 2.72 bits per heavy atom. The highest BCUT2D eigenvalue weighted by Gasteiger charge is 2.15. The summed E-state index contributed by atoms with van der Waals surface area (Å²) in [5.41, 5.74) is 4.26. The van der Waals surface area contributed by atoms with Gasteiger partial charge in [-0.15, -0.1) is 0 Å². The zero-order valence-corrected chi connectivity index (χ0v) is 19.3. The highest BCUT2D eigenvalue weighted by molar-refractivity contribution is 8.00. The van der Waals surface area contributed by atoms with Crippen LogP contribution >= 0.6 is 23.4 Å². The second kappa shape index (κ2) is 12.1. The summed E-state index contributed by atoms with van der Waals surface area (Å²) < 4.78 is 11.6. The maximum Gasteiger partial charge on any atom is 0.253 e. The van der Waals surface area contributed by atoms with Crippen LogP contribution in [0.1, 0.15) is 25.0 Å². The summed E-state index contributed by atoms with van der Waals surface area (Å²) in [5.74, 6) is 0.959. The van der Waals surface area contributed by atoms with Crippen molar-refractivity contribution in [2.45, 2.75) is 30.9 Å². The summed E-state index contributed by atoms with van der Waals surface area (Å²) in [4.78, 5) is 20.5. The molecule has 3 aromatic rings. The standard InChI is InChI=1S/C23H23ClN4O3S/c1-3-30-21-13-17(8-9-20(21)31-15-18-6-4-7-19(24)12-18)14-27-28-22(29)16(2)32-23-25-10-5-11-26-23/h4-14,16H,3,15H2,1-2H3,(H,28,29)/b27-14-/t16-/m0/s1. The van der Waals surface area contributed by atoms with Crippen LogP contribution in [0.3, 0.4) is 0 Å². The van der Waals surface area contributed by atoms with Gasteiger partial charge < -0.3 is 9.47 Å². The zero-order valence-electron chi connectivity index (χ0n) is 17.7. The molecule has 0 aliphatic rings. The third kappa shape index (κ3) is 7.25. The van der Waals surface area contributed by atoms with Crippen molar-refractivity contribution in [1.29, 1.82) is 0 Å². The molecule has 32 heavy (non-hydrogen) atoms. The molecular formula is C23H23ClN4O3S. The lowest BCUT2D eigenvalue weighted by Crippen LogP contribution is -2.27. The van der Waals surface area contributed by atoms with Gasteiger partial charge in [-0.1, -0.05) is 35.5 Å². The maximum absolute atomic E-state index is 12.2. The van der Waals surface area contributed by atoms with E-state index in [0.717, 1.165) is 11.1 Å². The summed E-state index contributed by atoms with van der Waals surface area (Å²) in [6, 6.07) is 14.7. The molecule has 0 saturated carbocycles. The lowest BCUT2D eigenvalue weighted by atomic mass is 10.2. The monoisotopic (exact) mass is 470 g/mol. The molecule has 1 atom stereocenters. The summed E-state index contributed by atoms with van der Waals surface area (Å²) in [6.45, 7) is 4.52. The molecule has 0 aliphatic carbocycles. The number of aromatic nitrogens is 2. The van der Waals surface area contributed by atoms with Crippen molar-refractivity contribution in [3.05, 3.63) is 77.1 Å². The number of benzene rings is 2. The van der Waals surface area contributed by atoms with Gasteiger partial charge in [0.05, 0.1) is 18.1 Å². The number of halogens is 1. The molecule has 166 valence electrons. The van der Waals surface area contributed by atoms with E-state index < -0.39 is 5.25 Å². The normalized spacial score (nSPS) is 11.8. The number of rotatable bonds is 10. The zero-order chi connectivity index (χ0) is 22.8. The van der Waals surface area contributed by atoms with Crippen LogP contribution in [0.4, 0.5) is 0 Å². The average Bonchev–Trinajstić information content (AvgIpc) is 2.79. The van der Waals surface area contributed by atoms with E-state index in [9.17, 15) is 4.79 Å². The lowest BCUT2D eigenvalue weighted by molar-refractivity contribution is -0.120. The number of hydrogen-bond acceptors (Lipinski definition) is 7. The van der Waals surface area contributed by atoms with Crippen LogP contribution < -0.4 is 14.9 Å². The van der Waals surface area contributed by atoms with Crippen LogP contribution in [-0.4, -0.2) is 33.9 Å². The number of thioether (sulfide) groups is 1. The van der Waals surface area contributed by atoms with E-state index in [4.69, 9.17) is 21.1 Å². The minimum absolute atomic E-state index is 0.245. The van der Waals surface area contributed by atoms with E-state index in [-0.39, 0.29) is 5.91 Å². The molecule has 0 radical (unpaired) electrons. The van der Waals surface area contributed by atoms with Gasteiger partial charge in [0.15, 0.2) is 16.7 Å².